The number of nitrogens with one attached hydrogen (secondary N) is 1. The number of hydrogen-bond donors (Lipinski definition) is 1. The number of nitrogens with zero attached hydrogens (tertiary/aromatic N) is 1. The molecular weight excluding hydrogens is 196 g/mol. The third-order valence-corrected chi connectivity index (χ3v) is 2.37. The second-order valence-corrected chi connectivity index (χ2v) is 3.46. The Bertz CT molecular complexity index is 361. The molecule has 1 saturated heterocycles. The molecule has 5 heteroatoms. The molecule has 1 aromatic rings. The zero-order valence-corrected chi connectivity index (χ0v) is 8.18. The fourth-order valence-electron chi connectivity index (χ4n) is 1.62. The number of benzene rings is 1. The van der Waals surface area contributed by atoms with Gasteiger partial charge in [0.05, 0.1) is 4.92 Å². The molecule has 1 heterocycles. The number of para-hydroxylation sites is 2. The van der Waals surface area contributed by atoms with E-state index in [0.29, 0.717) is 5.75 Å². The van der Waals surface area contributed by atoms with E-state index in [2.05, 4.69) is 5.32 Å². The normalized spacial score (nSPS) is 20.1. The summed E-state index contributed by atoms with van der Waals surface area (Å²) in [5.74, 6) is 0.358. The molecule has 0 bridgehead atoms. The van der Waals surface area contributed by atoms with Crippen molar-refractivity contribution in [3.05, 3.63) is 34.4 Å². The smallest absolute Gasteiger partial charge is 0.310 e. The first-order valence-corrected chi connectivity index (χ1v) is 4.88. The minimum Gasteiger partial charge on any atom is -0.482 e. The standard InChI is InChI=1S/C10H12N2O3/c13-12(14)9-3-1-2-4-10(9)15-8-5-6-11-7-8/h1-4,8,11H,5-7H2. The van der Waals surface area contributed by atoms with Gasteiger partial charge in [-0.25, -0.2) is 0 Å². The number of nitro groups is 1. The first-order chi connectivity index (χ1) is 7.27. The van der Waals surface area contributed by atoms with Gasteiger partial charge in [0.25, 0.3) is 0 Å². The van der Waals surface area contributed by atoms with Gasteiger partial charge in [0.1, 0.15) is 6.10 Å². The molecule has 1 fully saturated rings. The molecule has 0 aromatic heterocycles. The van der Waals surface area contributed by atoms with E-state index >= 15 is 0 Å². The van der Waals surface area contributed by atoms with E-state index in [9.17, 15) is 10.1 Å². The predicted molar refractivity (Wildman–Crippen MR) is 55.0 cm³/mol. The van der Waals surface area contributed by atoms with Gasteiger partial charge in [-0.1, -0.05) is 12.1 Å². The van der Waals surface area contributed by atoms with Gasteiger partial charge in [0.2, 0.25) is 0 Å². The highest BCUT2D eigenvalue weighted by molar-refractivity contribution is 5.45. The summed E-state index contributed by atoms with van der Waals surface area (Å²) in [5, 5.41) is 13.9. The van der Waals surface area contributed by atoms with Crippen LogP contribution < -0.4 is 10.1 Å². The van der Waals surface area contributed by atoms with E-state index < -0.39 is 4.92 Å². The van der Waals surface area contributed by atoms with Crippen LogP contribution >= 0.6 is 0 Å². The highest BCUT2D eigenvalue weighted by Crippen LogP contribution is 2.27. The average molecular weight is 208 g/mol. The molecule has 1 aliphatic rings. The molecule has 0 spiro atoms. The second-order valence-electron chi connectivity index (χ2n) is 3.46. The van der Waals surface area contributed by atoms with Gasteiger partial charge in [-0.15, -0.1) is 0 Å². The highest BCUT2D eigenvalue weighted by Gasteiger charge is 2.20. The summed E-state index contributed by atoms with van der Waals surface area (Å²) < 4.78 is 5.56. The monoisotopic (exact) mass is 208 g/mol. The third kappa shape index (κ3) is 2.24. The summed E-state index contributed by atoms with van der Waals surface area (Å²) in [6.07, 6.45) is 0.942. The van der Waals surface area contributed by atoms with E-state index in [1.165, 1.54) is 6.07 Å². The zero-order valence-electron chi connectivity index (χ0n) is 8.18. The van der Waals surface area contributed by atoms with Crippen molar-refractivity contribution < 1.29 is 9.66 Å². The summed E-state index contributed by atoms with van der Waals surface area (Å²) in [6, 6.07) is 6.47. The van der Waals surface area contributed by atoms with E-state index in [4.69, 9.17) is 4.74 Å². The van der Waals surface area contributed by atoms with Gasteiger partial charge >= 0.3 is 5.69 Å². The van der Waals surface area contributed by atoms with Crippen molar-refractivity contribution in [3.8, 4) is 5.75 Å². The SMILES string of the molecule is O=[N+]([O-])c1ccccc1OC1CCNC1. The molecule has 2 rings (SSSR count). The lowest BCUT2D eigenvalue weighted by atomic mass is 10.3. The maximum Gasteiger partial charge on any atom is 0.310 e. The number of ether oxygens (including phenoxy) is 1. The Morgan fingerprint density at radius 1 is 1.47 bits per heavy atom. The van der Waals surface area contributed by atoms with Crippen molar-refractivity contribution in [2.75, 3.05) is 13.1 Å². The van der Waals surface area contributed by atoms with Crippen molar-refractivity contribution in [3.63, 3.8) is 0 Å². The molecule has 15 heavy (non-hydrogen) atoms. The topological polar surface area (TPSA) is 64.4 Å². The van der Waals surface area contributed by atoms with E-state index in [-0.39, 0.29) is 11.8 Å². The van der Waals surface area contributed by atoms with Crippen molar-refractivity contribution in [2.24, 2.45) is 0 Å². The summed E-state index contributed by atoms with van der Waals surface area (Å²) in [7, 11) is 0. The van der Waals surface area contributed by atoms with Crippen LogP contribution in [0.5, 0.6) is 5.75 Å². The number of nitro benzene ring substituents is 1. The summed E-state index contributed by atoms with van der Waals surface area (Å²) in [4.78, 5) is 10.3. The first-order valence-electron chi connectivity index (χ1n) is 4.88. The minimum absolute atomic E-state index is 0.0319. The molecule has 0 aliphatic carbocycles. The summed E-state index contributed by atoms with van der Waals surface area (Å²) in [6.45, 7) is 1.66. The molecule has 1 N–H and O–H groups in total. The van der Waals surface area contributed by atoms with Gasteiger partial charge in [0, 0.05) is 12.6 Å². The van der Waals surface area contributed by atoms with E-state index in [1.54, 1.807) is 18.2 Å². The van der Waals surface area contributed by atoms with Gasteiger partial charge in [-0.05, 0) is 19.0 Å². The average Bonchev–Trinajstić information content (AvgIpc) is 2.71. The lowest BCUT2D eigenvalue weighted by Gasteiger charge is -2.11. The van der Waals surface area contributed by atoms with Crippen LogP contribution in [-0.4, -0.2) is 24.1 Å². The van der Waals surface area contributed by atoms with Gasteiger partial charge < -0.3 is 10.1 Å². The third-order valence-electron chi connectivity index (χ3n) is 2.37. The molecule has 1 unspecified atom stereocenters. The predicted octanol–water partition coefficient (Wildman–Crippen LogP) is 1.34. The maximum atomic E-state index is 10.7. The highest BCUT2D eigenvalue weighted by atomic mass is 16.6. The Hall–Kier alpha value is -1.62. The van der Waals surface area contributed by atoms with Gasteiger partial charge in [0.15, 0.2) is 5.75 Å². The minimum atomic E-state index is -0.419. The Morgan fingerprint density at radius 3 is 2.93 bits per heavy atom. The van der Waals surface area contributed by atoms with Crippen LogP contribution in [0.25, 0.3) is 0 Å². The fourth-order valence-corrected chi connectivity index (χ4v) is 1.62. The molecule has 5 nitrogen and oxygen atoms in total. The maximum absolute atomic E-state index is 10.7. The Morgan fingerprint density at radius 2 is 2.27 bits per heavy atom. The molecule has 1 aromatic carbocycles. The van der Waals surface area contributed by atoms with Crippen molar-refractivity contribution in [1.29, 1.82) is 0 Å². The quantitative estimate of drug-likeness (QED) is 0.601. The van der Waals surface area contributed by atoms with E-state index in [0.717, 1.165) is 19.5 Å². The molecule has 80 valence electrons. The summed E-state index contributed by atoms with van der Waals surface area (Å²) >= 11 is 0. The Balaban J connectivity index is 2.15. The Kier molecular flexibility index (Phi) is 2.82. The van der Waals surface area contributed by atoms with Crippen LogP contribution in [0, 0.1) is 10.1 Å². The molecular formula is C10H12N2O3. The fraction of sp³-hybridized carbons (Fsp3) is 0.400. The van der Waals surface area contributed by atoms with Crippen LogP contribution in [0.4, 0.5) is 5.69 Å². The second kappa shape index (κ2) is 4.27. The molecule has 1 atom stereocenters. The lowest BCUT2D eigenvalue weighted by Crippen LogP contribution is -2.19. The first kappa shape index (κ1) is 9.92. The summed E-state index contributed by atoms with van der Waals surface area (Å²) in [5.41, 5.74) is 0.0319. The zero-order chi connectivity index (χ0) is 10.7. The largest absolute Gasteiger partial charge is 0.482 e. The molecule has 0 saturated carbocycles. The number of hydrogen-bond acceptors (Lipinski definition) is 4. The van der Waals surface area contributed by atoms with Gasteiger partial charge in [-0.3, -0.25) is 10.1 Å². The lowest BCUT2D eigenvalue weighted by molar-refractivity contribution is -0.386. The molecule has 0 amide bonds. The van der Waals surface area contributed by atoms with Crippen molar-refractivity contribution in [1.82, 2.24) is 5.32 Å². The van der Waals surface area contributed by atoms with Crippen molar-refractivity contribution >= 4 is 5.69 Å². The van der Waals surface area contributed by atoms with Crippen LogP contribution in [0.3, 0.4) is 0 Å². The van der Waals surface area contributed by atoms with Crippen LogP contribution in [-0.2, 0) is 0 Å². The van der Waals surface area contributed by atoms with Crippen LogP contribution in [0.1, 0.15) is 6.42 Å². The van der Waals surface area contributed by atoms with E-state index in [1.807, 2.05) is 0 Å². The number of rotatable bonds is 3. The van der Waals surface area contributed by atoms with Crippen LogP contribution in [0.15, 0.2) is 24.3 Å². The molecule has 1 aliphatic heterocycles. The Labute approximate surface area is 87.2 Å². The van der Waals surface area contributed by atoms with Crippen molar-refractivity contribution in [2.45, 2.75) is 12.5 Å². The van der Waals surface area contributed by atoms with Gasteiger partial charge in [-0.2, -0.15) is 0 Å². The molecule has 0 radical (unpaired) electrons. The van der Waals surface area contributed by atoms with Crippen LogP contribution in [0.2, 0.25) is 0 Å².